The molecular formula is C14H16ClN5O2S. The minimum absolute atomic E-state index is 0.0701. The van der Waals surface area contributed by atoms with Gasteiger partial charge >= 0.3 is 0 Å². The monoisotopic (exact) mass is 353 g/mol. The fourth-order valence-corrected chi connectivity index (χ4v) is 3.55. The van der Waals surface area contributed by atoms with Crippen LogP contribution in [-0.4, -0.2) is 40.2 Å². The molecule has 0 bridgehead atoms. The van der Waals surface area contributed by atoms with Gasteiger partial charge in [0.1, 0.15) is 9.90 Å². The Morgan fingerprint density at radius 1 is 1.48 bits per heavy atom. The Balaban J connectivity index is 1.60. The van der Waals surface area contributed by atoms with E-state index in [9.17, 15) is 9.59 Å². The van der Waals surface area contributed by atoms with Crippen molar-refractivity contribution >= 4 is 34.5 Å². The third-order valence-corrected chi connectivity index (χ3v) is 5.19. The van der Waals surface area contributed by atoms with Gasteiger partial charge in [0, 0.05) is 19.1 Å². The molecule has 23 heavy (non-hydrogen) atoms. The number of hydrogen-bond donors (Lipinski definition) is 2. The van der Waals surface area contributed by atoms with Crippen molar-refractivity contribution in [3.63, 3.8) is 0 Å². The average molecular weight is 354 g/mol. The molecule has 122 valence electrons. The first-order valence-corrected chi connectivity index (χ1v) is 8.51. The fourth-order valence-electron chi connectivity index (χ4n) is 2.63. The molecule has 0 radical (unpaired) electrons. The molecule has 0 aromatic carbocycles. The Morgan fingerprint density at radius 3 is 2.87 bits per heavy atom. The third-order valence-electron chi connectivity index (χ3n) is 3.90. The van der Waals surface area contributed by atoms with Crippen LogP contribution in [0.2, 0.25) is 5.02 Å². The summed E-state index contributed by atoms with van der Waals surface area (Å²) in [6, 6.07) is 0.106. The number of amides is 1. The quantitative estimate of drug-likeness (QED) is 0.874. The summed E-state index contributed by atoms with van der Waals surface area (Å²) >= 11 is 7.38. The van der Waals surface area contributed by atoms with E-state index in [1.807, 2.05) is 11.8 Å². The predicted molar refractivity (Wildman–Crippen MR) is 89.4 cm³/mol. The maximum Gasteiger partial charge on any atom is 0.285 e. The Kier molecular flexibility index (Phi) is 4.63. The second-order valence-corrected chi connectivity index (χ2v) is 6.63. The third kappa shape index (κ3) is 3.37. The number of hydrogen-bond acceptors (Lipinski definition) is 6. The normalized spacial score (nSPS) is 15.7. The van der Waals surface area contributed by atoms with Gasteiger partial charge in [-0.05, 0) is 19.8 Å². The molecule has 2 aromatic heterocycles. The molecule has 0 unspecified atom stereocenters. The van der Waals surface area contributed by atoms with Crippen molar-refractivity contribution in [2.45, 2.75) is 25.8 Å². The smallest absolute Gasteiger partial charge is 0.285 e. The lowest BCUT2D eigenvalue weighted by Gasteiger charge is -2.33. The van der Waals surface area contributed by atoms with Crippen molar-refractivity contribution in [3.8, 4) is 0 Å². The van der Waals surface area contributed by atoms with E-state index in [4.69, 9.17) is 11.6 Å². The van der Waals surface area contributed by atoms with E-state index in [2.05, 4.69) is 20.5 Å². The Morgan fingerprint density at radius 2 is 2.22 bits per heavy atom. The molecule has 0 atom stereocenters. The molecular weight excluding hydrogens is 338 g/mol. The summed E-state index contributed by atoms with van der Waals surface area (Å²) in [7, 11) is 0. The molecule has 2 N–H and O–H groups in total. The number of carbonyl (C=O) groups is 1. The van der Waals surface area contributed by atoms with Crippen LogP contribution >= 0.6 is 22.9 Å². The van der Waals surface area contributed by atoms with Gasteiger partial charge in [0.05, 0.1) is 23.1 Å². The van der Waals surface area contributed by atoms with E-state index < -0.39 is 0 Å². The van der Waals surface area contributed by atoms with Crippen molar-refractivity contribution in [1.82, 2.24) is 20.5 Å². The van der Waals surface area contributed by atoms with E-state index in [1.165, 1.54) is 11.3 Å². The number of aromatic amines is 1. The Bertz CT molecular complexity index is 767. The van der Waals surface area contributed by atoms with Gasteiger partial charge in [-0.25, -0.2) is 10.1 Å². The summed E-state index contributed by atoms with van der Waals surface area (Å²) in [5.41, 5.74) is 2.68. The molecule has 1 saturated heterocycles. The van der Waals surface area contributed by atoms with Gasteiger partial charge in [-0.3, -0.25) is 9.59 Å². The van der Waals surface area contributed by atoms with Crippen molar-refractivity contribution < 1.29 is 4.79 Å². The summed E-state index contributed by atoms with van der Waals surface area (Å²) in [6.45, 7) is 3.24. The molecule has 0 aliphatic carbocycles. The van der Waals surface area contributed by atoms with E-state index in [0.29, 0.717) is 23.7 Å². The topological polar surface area (TPSA) is 91.0 Å². The minimum Gasteiger partial charge on any atom is -0.369 e. The van der Waals surface area contributed by atoms with Crippen molar-refractivity contribution in [2.75, 3.05) is 18.0 Å². The number of aromatic nitrogens is 3. The lowest BCUT2D eigenvalue weighted by molar-refractivity contribution is 0.0934. The molecule has 7 nitrogen and oxygen atoms in total. The zero-order valence-electron chi connectivity index (χ0n) is 12.5. The highest BCUT2D eigenvalue weighted by Crippen LogP contribution is 2.24. The van der Waals surface area contributed by atoms with Crippen LogP contribution in [0.5, 0.6) is 0 Å². The number of piperidine rings is 1. The summed E-state index contributed by atoms with van der Waals surface area (Å²) in [5, 5.41) is 9.30. The predicted octanol–water partition coefficient (Wildman–Crippen LogP) is 1.59. The van der Waals surface area contributed by atoms with E-state index in [1.54, 1.807) is 11.7 Å². The number of aryl methyl sites for hydroxylation is 1. The van der Waals surface area contributed by atoms with Crippen LogP contribution in [0.25, 0.3) is 0 Å². The molecule has 3 rings (SSSR count). The maximum atomic E-state index is 12.2. The summed E-state index contributed by atoms with van der Waals surface area (Å²) in [6.07, 6.45) is 3.13. The standard InChI is InChI=1S/C14H16ClN5O2S/c1-8-12(23-7-16-8)14(22)18-9-2-4-20(5-3-9)10-6-17-19-13(21)11(10)15/h6-7,9H,2-5H2,1H3,(H,18,22)(H,19,21). The minimum atomic E-state index is -0.389. The lowest BCUT2D eigenvalue weighted by Crippen LogP contribution is -2.45. The second-order valence-electron chi connectivity index (χ2n) is 5.40. The zero-order chi connectivity index (χ0) is 16.4. The first-order valence-electron chi connectivity index (χ1n) is 7.25. The fraction of sp³-hybridized carbons (Fsp3) is 0.429. The highest BCUT2D eigenvalue weighted by molar-refractivity contribution is 7.11. The van der Waals surface area contributed by atoms with Crippen molar-refractivity contribution in [3.05, 3.63) is 37.7 Å². The van der Waals surface area contributed by atoms with Crippen LogP contribution < -0.4 is 15.8 Å². The number of H-pyrrole nitrogens is 1. The zero-order valence-corrected chi connectivity index (χ0v) is 14.1. The van der Waals surface area contributed by atoms with Gasteiger partial charge in [0.25, 0.3) is 11.5 Å². The number of carbonyl (C=O) groups excluding carboxylic acids is 1. The molecule has 9 heteroatoms. The van der Waals surface area contributed by atoms with Crippen LogP contribution in [-0.2, 0) is 0 Å². The van der Waals surface area contributed by atoms with Gasteiger partial charge in [-0.1, -0.05) is 11.6 Å². The highest BCUT2D eigenvalue weighted by atomic mass is 35.5. The molecule has 1 aliphatic rings. The molecule has 1 fully saturated rings. The number of rotatable bonds is 3. The van der Waals surface area contributed by atoms with Gasteiger partial charge in [0.2, 0.25) is 0 Å². The summed E-state index contributed by atoms with van der Waals surface area (Å²) in [4.78, 5) is 30.5. The first-order chi connectivity index (χ1) is 11.1. The number of anilines is 1. The highest BCUT2D eigenvalue weighted by Gasteiger charge is 2.24. The van der Waals surface area contributed by atoms with Crippen LogP contribution in [0.1, 0.15) is 28.2 Å². The van der Waals surface area contributed by atoms with Gasteiger partial charge in [-0.15, -0.1) is 11.3 Å². The number of nitrogens with one attached hydrogen (secondary N) is 2. The number of thiazole rings is 1. The molecule has 0 spiro atoms. The van der Waals surface area contributed by atoms with Crippen LogP contribution in [0.15, 0.2) is 16.5 Å². The van der Waals surface area contributed by atoms with Crippen LogP contribution in [0, 0.1) is 6.92 Å². The SMILES string of the molecule is Cc1ncsc1C(=O)NC1CCN(c2cn[nH]c(=O)c2Cl)CC1. The van der Waals surface area contributed by atoms with Gasteiger partial charge < -0.3 is 10.2 Å². The van der Waals surface area contributed by atoms with E-state index in [0.717, 1.165) is 18.5 Å². The van der Waals surface area contributed by atoms with Gasteiger partial charge in [-0.2, -0.15) is 5.10 Å². The van der Waals surface area contributed by atoms with Gasteiger partial charge in [0.15, 0.2) is 0 Å². The Hall–Kier alpha value is -1.93. The van der Waals surface area contributed by atoms with Crippen LogP contribution in [0.4, 0.5) is 5.69 Å². The number of nitrogens with zero attached hydrogens (tertiary/aromatic N) is 3. The summed E-state index contributed by atoms with van der Waals surface area (Å²) in [5.74, 6) is -0.0701. The molecule has 3 heterocycles. The second kappa shape index (κ2) is 6.67. The maximum absolute atomic E-state index is 12.2. The van der Waals surface area contributed by atoms with Crippen LogP contribution in [0.3, 0.4) is 0 Å². The van der Waals surface area contributed by atoms with Crippen molar-refractivity contribution in [1.29, 1.82) is 0 Å². The Labute approximate surface area is 141 Å². The van der Waals surface area contributed by atoms with E-state index >= 15 is 0 Å². The van der Waals surface area contributed by atoms with Crippen molar-refractivity contribution in [2.24, 2.45) is 0 Å². The first kappa shape index (κ1) is 15.9. The number of halogens is 1. The molecule has 1 aliphatic heterocycles. The lowest BCUT2D eigenvalue weighted by atomic mass is 10.0. The summed E-state index contributed by atoms with van der Waals surface area (Å²) < 4.78 is 0. The molecule has 2 aromatic rings. The largest absolute Gasteiger partial charge is 0.369 e. The van der Waals surface area contributed by atoms with E-state index in [-0.39, 0.29) is 22.5 Å². The molecule has 1 amide bonds. The molecule has 0 saturated carbocycles. The average Bonchev–Trinajstić information content (AvgIpc) is 2.97.